The van der Waals surface area contributed by atoms with E-state index in [1.165, 1.54) is 12.3 Å². The Morgan fingerprint density at radius 2 is 1.88 bits per heavy atom. The standard InChI is InChI=1S/C19H23N3O4/c1-19(2,3)15-7-5-14(6-8-15)18(23)26-12-4-11-20-17-10-9-16(13-21-17)22(24)25/h5-10,13H,4,11-12H2,1-3H3,(H,20,21). The Labute approximate surface area is 152 Å². The van der Waals surface area contributed by atoms with Crippen LogP contribution in [0.25, 0.3) is 0 Å². The highest BCUT2D eigenvalue weighted by Gasteiger charge is 2.14. The Morgan fingerprint density at radius 1 is 1.19 bits per heavy atom. The normalized spacial score (nSPS) is 11.0. The average molecular weight is 357 g/mol. The van der Waals surface area contributed by atoms with Crippen molar-refractivity contribution in [2.24, 2.45) is 0 Å². The quantitative estimate of drug-likeness (QED) is 0.349. The van der Waals surface area contributed by atoms with Gasteiger partial charge in [-0.25, -0.2) is 9.78 Å². The fourth-order valence-corrected chi connectivity index (χ4v) is 2.24. The predicted octanol–water partition coefficient (Wildman–Crippen LogP) is 3.95. The summed E-state index contributed by atoms with van der Waals surface area (Å²) in [5.74, 6) is 0.193. The summed E-state index contributed by atoms with van der Waals surface area (Å²) in [4.78, 5) is 26.0. The van der Waals surface area contributed by atoms with E-state index < -0.39 is 4.92 Å². The Kier molecular flexibility index (Phi) is 6.27. The van der Waals surface area contributed by atoms with E-state index in [9.17, 15) is 14.9 Å². The first kappa shape index (κ1) is 19.4. The van der Waals surface area contributed by atoms with Crippen LogP contribution in [-0.4, -0.2) is 29.0 Å². The number of esters is 1. The molecule has 0 bridgehead atoms. The van der Waals surface area contributed by atoms with Crippen LogP contribution in [-0.2, 0) is 10.2 Å². The van der Waals surface area contributed by atoms with Gasteiger partial charge in [-0.2, -0.15) is 0 Å². The second-order valence-electron chi connectivity index (χ2n) is 6.90. The number of nitrogens with one attached hydrogen (secondary N) is 1. The van der Waals surface area contributed by atoms with Gasteiger partial charge in [0, 0.05) is 12.6 Å². The lowest BCUT2D eigenvalue weighted by atomic mass is 9.87. The summed E-state index contributed by atoms with van der Waals surface area (Å²) >= 11 is 0. The van der Waals surface area contributed by atoms with E-state index in [0.717, 1.165) is 5.56 Å². The molecule has 1 heterocycles. The number of pyridine rings is 1. The molecule has 0 aliphatic rings. The zero-order chi connectivity index (χ0) is 19.2. The first-order valence-electron chi connectivity index (χ1n) is 8.39. The third-order valence-electron chi connectivity index (χ3n) is 3.81. The summed E-state index contributed by atoms with van der Waals surface area (Å²) < 4.78 is 5.25. The molecule has 1 aromatic carbocycles. The summed E-state index contributed by atoms with van der Waals surface area (Å²) in [6.07, 6.45) is 1.80. The third kappa shape index (κ3) is 5.54. The molecule has 0 aliphatic carbocycles. The number of hydrogen-bond donors (Lipinski definition) is 1. The molecule has 0 atom stereocenters. The van der Waals surface area contributed by atoms with E-state index in [1.807, 2.05) is 12.1 Å². The Hall–Kier alpha value is -2.96. The molecule has 7 heteroatoms. The van der Waals surface area contributed by atoms with Gasteiger partial charge in [-0.05, 0) is 35.6 Å². The molecule has 0 amide bonds. The molecule has 1 N–H and O–H groups in total. The summed E-state index contributed by atoms with van der Waals surface area (Å²) in [6, 6.07) is 10.4. The molecule has 0 radical (unpaired) electrons. The Morgan fingerprint density at radius 3 is 2.42 bits per heavy atom. The second-order valence-corrected chi connectivity index (χ2v) is 6.90. The molecular formula is C19H23N3O4. The summed E-state index contributed by atoms with van der Waals surface area (Å²) in [5, 5.41) is 13.6. The molecule has 138 valence electrons. The first-order chi connectivity index (χ1) is 12.3. The van der Waals surface area contributed by atoms with Crippen molar-refractivity contribution in [3.8, 4) is 0 Å². The molecule has 0 saturated heterocycles. The van der Waals surface area contributed by atoms with Crippen LogP contribution in [0.1, 0.15) is 43.1 Å². The van der Waals surface area contributed by atoms with Crippen LogP contribution in [0.5, 0.6) is 0 Å². The zero-order valence-electron chi connectivity index (χ0n) is 15.2. The number of nitrogens with zero attached hydrogens (tertiary/aromatic N) is 2. The molecule has 0 saturated carbocycles. The number of carbonyl (C=O) groups excluding carboxylic acids is 1. The number of anilines is 1. The van der Waals surface area contributed by atoms with Crippen LogP contribution in [0.3, 0.4) is 0 Å². The molecule has 0 unspecified atom stereocenters. The van der Waals surface area contributed by atoms with Crippen LogP contribution in [0.4, 0.5) is 11.5 Å². The lowest BCUT2D eigenvalue weighted by Crippen LogP contribution is -2.13. The minimum absolute atomic E-state index is 0.0417. The van der Waals surface area contributed by atoms with E-state index in [4.69, 9.17) is 4.74 Å². The van der Waals surface area contributed by atoms with Gasteiger partial charge in [0.1, 0.15) is 12.0 Å². The van der Waals surface area contributed by atoms with Gasteiger partial charge in [-0.1, -0.05) is 32.9 Å². The minimum atomic E-state index is -0.496. The summed E-state index contributed by atoms with van der Waals surface area (Å²) in [7, 11) is 0. The van der Waals surface area contributed by atoms with Crippen molar-refractivity contribution < 1.29 is 14.5 Å². The second kappa shape index (κ2) is 8.42. The molecule has 7 nitrogen and oxygen atoms in total. The van der Waals surface area contributed by atoms with Crippen LogP contribution in [0.2, 0.25) is 0 Å². The fourth-order valence-electron chi connectivity index (χ4n) is 2.24. The number of nitro groups is 1. The maximum absolute atomic E-state index is 12.0. The van der Waals surface area contributed by atoms with Crippen molar-refractivity contribution in [2.75, 3.05) is 18.5 Å². The predicted molar refractivity (Wildman–Crippen MR) is 99.4 cm³/mol. The van der Waals surface area contributed by atoms with Crippen molar-refractivity contribution in [3.63, 3.8) is 0 Å². The van der Waals surface area contributed by atoms with Crippen molar-refractivity contribution in [2.45, 2.75) is 32.6 Å². The summed E-state index contributed by atoms with van der Waals surface area (Å²) in [6.45, 7) is 7.17. The number of rotatable bonds is 7. The maximum Gasteiger partial charge on any atom is 0.338 e. The van der Waals surface area contributed by atoms with Crippen LogP contribution >= 0.6 is 0 Å². The molecule has 2 rings (SSSR count). The highest BCUT2D eigenvalue weighted by molar-refractivity contribution is 5.89. The molecule has 0 spiro atoms. The van der Waals surface area contributed by atoms with Crippen molar-refractivity contribution >= 4 is 17.5 Å². The zero-order valence-corrected chi connectivity index (χ0v) is 15.2. The Bertz CT molecular complexity index is 750. The van der Waals surface area contributed by atoms with Gasteiger partial charge in [0.2, 0.25) is 0 Å². The SMILES string of the molecule is CC(C)(C)c1ccc(C(=O)OCCCNc2ccc([N+](=O)[O-])cn2)cc1. The minimum Gasteiger partial charge on any atom is -0.462 e. The molecule has 0 fully saturated rings. The van der Waals surface area contributed by atoms with Gasteiger partial charge >= 0.3 is 5.97 Å². The van der Waals surface area contributed by atoms with Crippen molar-refractivity contribution in [1.82, 2.24) is 4.98 Å². The van der Waals surface area contributed by atoms with Crippen LogP contribution in [0, 0.1) is 10.1 Å². The molecular weight excluding hydrogens is 334 g/mol. The fraction of sp³-hybridized carbons (Fsp3) is 0.368. The molecule has 0 aliphatic heterocycles. The van der Waals surface area contributed by atoms with E-state index in [-0.39, 0.29) is 23.7 Å². The molecule has 26 heavy (non-hydrogen) atoms. The highest BCUT2D eigenvalue weighted by atomic mass is 16.6. The van der Waals surface area contributed by atoms with E-state index in [0.29, 0.717) is 24.3 Å². The lowest BCUT2D eigenvalue weighted by molar-refractivity contribution is -0.385. The number of carbonyl (C=O) groups is 1. The van der Waals surface area contributed by atoms with Crippen LogP contribution in [0.15, 0.2) is 42.6 Å². The Balaban J connectivity index is 1.72. The van der Waals surface area contributed by atoms with Gasteiger partial charge in [0.15, 0.2) is 0 Å². The van der Waals surface area contributed by atoms with Crippen LogP contribution < -0.4 is 5.32 Å². The average Bonchev–Trinajstić information content (AvgIpc) is 2.61. The number of benzene rings is 1. The topological polar surface area (TPSA) is 94.4 Å². The lowest BCUT2D eigenvalue weighted by Gasteiger charge is -2.18. The van der Waals surface area contributed by atoms with Gasteiger partial charge < -0.3 is 10.1 Å². The van der Waals surface area contributed by atoms with Gasteiger partial charge in [-0.3, -0.25) is 10.1 Å². The van der Waals surface area contributed by atoms with Crippen molar-refractivity contribution in [3.05, 3.63) is 63.8 Å². The van der Waals surface area contributed by atoms with E-state index in [2.05, 4.69) is 31.1 Å². The maximum atomic E-state index is 12.0. The largest absolute Gasteiger partial charge is 0.462 e. The number of aromatic nitrogens is 1. The monoisotopic (exact) mass is 357 g/mol. The number of hydrogen-bond acceptors (Lipinski definition) is 6. The van der Waals surface area contributed by atoms with Crippen molar-refractivity contribution in [1.29, 1.82) is 0 Å². The van der Waals surface area contributed by atoms with Gasteiger partial charge in [0.25, 0.3) is 5.69 Å². The van der Waals surface area contributed by atoms with Gasteiger partial charge in [0.05, 0.1) is 17.1 Å². The molecule has 1 aromatic heterocycles. The number of ether oxygens (including phenoxy) is 1. The first-order valence-corrected chi connectivity index (χ1v) is 8.39. The van der Waals surface area contributed by atoms with Gasteiger partial charge in [-0.15, -0.1) is 0 Å². The molecule has 2 aromatic rings. The van der Waals surface area contributed by atoms with E-state index >= 15 is 0 Å². The highest BCUT2D eigenvalue weighted by Crippen LogP contribution is 2.22. The van der Waals surface area contributed by atoms with E-state index in [1.54, 1.807) is 18.2 Å². The summed E-state index contributed by atoms with van der Waals surface area (Å²) in [5.41, 5.74) is 1.68. The smallest absolute Gasteiger partial charge is 0.338 e. The third-order valence-corrected chi connectivity index (χ3v) is 3.81.